The Morgan fingerprint density at radius 1 is 0.432 bits per heavy atom. The molecule has 2 aliphatic rings. The van der Waals surface area contributed by atoms with Crippen LogP contribution in [0.15, 0.2) is 66.7 Å². The third-order valence-corrected chi connectivity index (χ3v) is 10.8. The van der Waals surface area contributed by atoms with Crippen LogP contribution in [0.3, 0.4) is 0 Å². The number of anilines is 2. The Kier molecular flexibility index (Phi) is 5.82. The lowest BCUT2D eigenvalue weighted by Crippen LogP contribution is -2.34. The van der Waals surface area contributed by atoms with Crippen molar-refractivity contribution in [3.63, 3.8) is 0 Å². The normalized spacial score (nSPS) is 32.2. The summed E-state index contributed by atoms with van der Waals surface area (Å²) in [5.41, 5.74) is 6.50. The third-order valence-electron chi connectivity index (χ3n) is 10.8. The van der Waals surface area contributed by atoms with Gasteiger partial charge in [0.05, 0.1) is 11.0 Å². The molecule has 3 nitrogen and oxygen atoms in total. The first kappa shape index (κ1) is 24.4. The molecule has 0 unspecified atom stereocenters. The minimum Gasteiger partial charge on any atom is -0.366 e. The van der Waals surface area contributed by atoms with E-state index in [1.54, 1.807) is 0 Å². The highest BCUT2D eigenvalue weighted by Crippen LogP contribution is 2.43. The minimum atomic E-state index is 0.537. The third kappa shape index (κ3) is 3.53. The summed E-state index contributed by atoms with van der Waals surface area (Å²) < 4.78 is 2.45. The van der Waals surface area contributed by atoms with E-state index in [1.165, 1.54) is 38.9 Å². The molecule has 0 bridgehead atoms. The molecule has 2 aliphatic heterocycles. The summed E-state index contributed by atoms with van der Waals surface area (Å²) in [5, 5.41) is 2.70. The standard InChI is InChI=1S/C34H43N3/c1-20-21(2)25(6)35(24(20)5)29-14-16-33-31(18-29)32-19-30(36-26(7)22(3)23(4)27(36)8)15-17-34(32)37(33)28-12-10-9-11-13-28/h9-27H,1-8H3/t20-,21+,22-,23+,24-,25+,26-,27+. The number of benzene rings is 3. The Bertz CT molecular complexity index is 1320. The van der Waals surface area contributed by atoms with Gasteiger partial charge in [0.25, 0.3) is 0 Å². The molecular formula is C34H43N3. The molecule has 4 aromatic rings. The van der Waals surface area contributed by atoms with Crippen LogP contribution in [0.25, 0.3) is 27.5 Å². The molecule has 0 amide bonds. The second-order valence-electron chi connectivity index (χ2n) is 12.3. The summed E-state index contributed by atoms with van der Waals surface area (Å²) >= 11 is 0. The Balaban J connectivity index is 1.57. The maximum Gasteiger partial charge on any atom is 0.0542 e. The van der Waals surface area contributed by atoms with Gasteiger partial charge in [-0.2, -0.15) is 0 Å². The highest BCUT2D eigenvalue weighted by atomic mass is 15.2. The van der Waals surface area contributed by atoms with Crippen molar-refractivity contribution in [1.29, 1.82) is 0 Å². The smallest absolute Gasteiger partial charge is 0.0542 e. The maximum absolute atomic E-state index is 2.66. The number of nitrogens with zero attached hydrogens (tertiary/aromatic N) is 3. The van der Waals surface area contributed by atoms with Crippen LogP contribution in [0.2, 0.25) is 0 Å². The average molecular weight is 494 g/mol. The van der Waals surface area contributed by atoms with E-state index in [1.807, 2.05) is 0 Å². The first-order chi connectivity index (χ1) is 17.7. The van der Waals surface area contributed by atoms with Gasteiger partial charge in [0.2, 0.25) is 0 Å². The van der Waals surface area contributed by atoms with E-state index >= 15 is 0 Å². The Labute approximate surface area is 223 Å². The molecule has 2 fully saturated rings. The molecule has 0 aliphatic carbocycles. The average Bonchev–Trinajstić information content (AvgIpc) is 3.41. The molecule has 3 aromatic carbocycles. The zero-order valence-electron chi connectivity index (χ0n) is 23.8. The van der Waals surface area contributed by atoms with Crippen LogP contribution in [-0.4, -0.2) is 28.7 Å². The summed E-state index contributed by atoms with van der Waals surface area (Å²) in [6.07, 6.45) is 0. The van der Waals surface area contributed by atoms with Gasteiger partial charge in [-0.25, -0.2) is 0 Å². The van der Waals surface area contributed by atoms with Crippen LogP contribution in [0.4, 0.5) is 11.4 Å². The lowest BCUT2D eigenvalue weighted by atomic mass is 9.92. The van der Waals surface area contributed by atoms with Gasteiger partial charge in [-0.05, 0) is 99.9 Å². The number of aromatic nitrogens is 1. The lowest BCUT2D eigenvalue weighted by molar-refractivity contribution is 0.413. The van der Waals surface area contributed by atoms with Crippen molar-refractivity contribution >= 4 is 33.2 Å². The number of rotatable bonds is 3. The van der Waals surface area contributed by atoms with E-state index in [-0.39, 0.29) is 0 Å². The van der Waals surface area contributed by atoms with Crippen molar-refractivity contribution in [3.8, 4) is 5.69 Å². The SMILES string of the molecule is C[C@@H]1[C@H](C)[C@H](C)N(c2ccc3c(c2)c2cc(N4[C@H](C)[C@H](C)[C@H](C)[C@@H]4C)ccc2n3-c2ccccc2)[C@@H]1C. The molecule has 0 spiro atoms. The molecular weight excluding hydrogens is 450 g/mol. The van der Waals surface area contributed by atoms with Gasteiger partial charge in [0, 0.05) is 52.0 Å². The predicted molar refractivity (Wildman–Crippen MR) is 160 cm³/mol. The van der Waals surface area contributed by atoms with Gasteiger partial charge >= 0.3 is 0 Å². The number of fused-ring (bicyclic) bond motifs is 3. The zero-order valence-corrected chi connectivity index (χ0v) is 23.8. The highest BCUT2D eigenvalue weighted by Gasteiger charge is 2.41. The van der Waals surface area contributed by atoms with Gasteiger partial charge in [-0.1, -0.05) is 45.9 Å². The molecule has 2 saturated heterocycles. The molecule has 37 heavy (non-hydrogen) atoms. The Hall–Kier alpha value is -2.94. The number of para-hydroxylation sites is 1. The molecule has 0 radical (unpaired) electrons. The van der Waals surface area contributed by atoms with E-state index in [0.717, 1.165) is 0 Å². The van der Waals surface area contributed by atoms with E-state index in [0.29, 0.717) is 47.8 Å². The van der Waals surface area contributed by atoms with Crippen LogP contribution < -0.4 is 9.80 Å². The van der Waals surface area contributed by atoms with Gasteiger partial charge in [-0.15, -0.1) is 0 Å². The van der Waals surface area contributed by atoms with Crippen molar-refractivity contribution in [2.45, 2.75) is 79.6 Å². The van der Waals surface area contributed by atoms with Crippen LogP contribution in [-0.2, 0) is 0 Å². The van der Waals surface area contributed by atoms with E-state index in [4.69, 9.17) is 0 Å². The van der Waals surface area contributed by atoms with E-state index in [9.17, 15) is 0 Å². The monoisotopic (exact) mass is 493 g/mol. The fourth-order valence-electron chi connectivity index (χ4n) is 7.63. The molecule has 0 saturated carbocycles. The largest absolute Gasteiger partial charge is 0.366 e. The van der Waals surface area contributed by atoms with Crippen LogP contribution in [0.5, 0.6) is 0 Å². The van der Waals surface area contributed by atoms with Crippen molar-refractivity contribution < 1.29 is 0 Å². The van der Waals surface area contributed by atoms with E-state index in [2.05, 4.69) is 136 Å². The summed E-state index contributed by atoms with van der Waals surface area (Å²) in [6, 6.07) is 27.3. The van der Waals surface area contributed by atoms with Crippen LogP contribution in [0, 0.1) is 23.7 Å². The Morgan fingerprint density at radius 2 is 0.811 bits per heavy atom. The summed E-state index contributed by atoms with van der Waals surface area (Å²) in [6.45, 7) is 19.3. The van der Waals surface area contributed by atoms with Crippen molar-refractivity contribution in [1.82, 2.24) is 4.57 Å². The number of hydrogen-bond acceptors (Lipinski definition) is 2. The molecule has 3 heterocycles. The first-order valence-electron chi connectivity index (χ1n) is 14.4. The van der Waals surface area contributed by atoms with Gasteiger partial charge in [0.1, 0.15) is 0 Å². The topological polar surface area (TPSA) is 11.4 Å². The number of hydrogen-bond donors (Lipinski definition) is 0. The van der Waals surface area contributed by atoms with Crippen molar-refractivity contribution in [3.05, 3.63) is 66.7 Å². The molecule has 8 atom stereocenters. The summed E-state index contributed by atoms with van der Waals surface area (Å²) in [7, 11) is 0. The Morgan fingerprint density at radius 3 is 1.19 bits per heavy atom. The molecule has 0 N–H and O–H groups in total. The van der Waals surface area contributed by atoms with Crippen LogP contribution in [0.1, 0.15) is 55.4 Å². The minimum absolute atomic E-state index is 0.537. The van der Waals surface area contributed by atoms with E-state index < -0.39 is 0 Å². The fourth-order valence-corrected chi connectivity index (χ4v) is 7.63. The van der Waals surface area contributed by atoms with Crippen molar-refractivity contribution in [2.75, 3.05) is 9.80 Å². The van der Waals surface area contributed by atoms with Gasteiger partial charge in [-0.3, -0.25) is 0 Å². The predicted octanol–water partition coefficient (Wildman–Crippen LogP) is 8.52. The van der Waals surface area contributed by atoms with Gasteiger partial charge in [0.15, 0.2) is 0 Å². The fraction of sp³-hybridized carbons (Fsp3) is 0.471. The zero-order chi connectivity index (χ0) is 26.2. The molecule has 6 rings (SSSR count). The molecule has 3 heteroatoms. The van der Waals surface area contributed by atoms with Gasteiger partial charge < -0.3 is 14.4 Å². The summed E-state index contributed by atoms with van der Waals surface area (Å²) in [5.74, 6) is 2.74. The summed E-state index contributed by atoms with van der Waals surface area (Å²) in [4.78, 5) is 5.33. The maximum atomic E-state index is 2.66. The molecule has 1 aromatic heterocycles. The second-order valence-corrected chi connectivity index (χ2v) is 12.3. The quantitative estimate of drug-likeness (QED) is 0.283. The first-order valence-corrected chi connectivity index (χ1v) is 14.4. The lowest BCUT2D eigenvalue weighted by Gasteiger charge is -2.30. The van der Waals surface area contributed by atoms with Crippen molar-refractivity contribution in [2.24, 2.45) is 23.7 Å². The second kappa shape index (κ2) is 8.82. The van der Waals surface area contributed by atoms with Crippen LogP contribution >= 0.6 is 0 Å². The highest BCUT2D eigenvalue weighted by molar-refractivity contribution is 6.11. The molecule has 194 valence electrons.